The van der Waals surface area contributed by atoms with Crippen molar-refractivity contribution in [3.05, 3.63) is 71.8 Å². The lowest BCUT2D eigenvalue weighted by molar-refractivity contribution is -0.461. The van der Waals surface area contributed by atoms with Gasteiger partial charge in [-0.15, -0.1) is 8.78 Å². The summed E-state index contributed by atoms with van der Waals surface area (Å²) in [6, 6.07) is 13.7. The van der Waals surface area contributed by atoms with Crippen LogP contribution in [0.5, 0.6) is 5.75 Å². The molecule has 1 atom stereocenters. The Balaban J connectivity index is 0.00000221. The molecule has 3 aromatic rings. The molecule has 14 heteroatoms. The van der Waals surface area contributed by atoms with Gasteiger partial charge in [-0.3, -0.25) is 4.79 Å². The predicted molar refractivity (Wildman–Crippen MR) is 144 cm³/mol. The van der Waals surface area contributed by atoms with Crippen LogP contribution in [-0.2, 0) is 31.1 Å². The van der Waals surface area contributed by atoms with E-state index in [1.54, 1.807) is 30.3 Å². The van der Waals surface area contributed by atoms with E-state index in [0.29, 0.717) is 43.5 Å². The van der Waals surface area contributed by atoms with Gasteiger partial charge < -0.3 is 15.2 Å². The zero-order valence-corrected chi connectivity index (χ0v) is 22.7. The molecule has 1 saturated carbocycles. The molecule has 1 saturated heterocycles. The van der Waals surface area contributed by atoms with Gasteiger partial charge in [-0.1, -0.05) is 24.3 Å². The van der Waals surface area contributed by atoms with Crippen LogP contribution in [0.2, 0.25) is 0 Å². The van der Waals surface area contributed by atoms with E-state index >= 15 is 0 Å². The minimum absolute atomic E-state index is 0. The number of aliphatic hydroxyl groups excluding tert-OH is 1. The normalized spacial score (nSPS) is 22.2. The highest BCUT2D eigenvalue weighted by Gasteiger charge is 2.57. The highest BCUT2D eigenvalue weighted by atomic mass is 32.2. The number of sulfonamides is 1. The standard InChI is InChI=1S/C28H25F4N3O6S.2H2/c29-27(30)21-15-18(8-11-23(21)40-28(31,32)41-27)26(12-13-26)25(37)34-24-5-1-4-22(33-24)17-6-9-20(10-7-17)42(38,39)35-14-2-3-19(35)16-36;;/h1,4-11,15,19,36H,2-3,12-14,16H2,(H,33,34,37);2*1H/t19-;;/m1../s1. The second-order valence-corrected chi connectivity index (χ2v) is 12.3. The van der Waals surface area contributed by atoms with Crippen LogP contribution >= 0.6 is 0 Å². The quantitative estimate of drug-likeness (QED) is 0.359. The lowest BCUT2D eigenvalue weighted by Crippen LogP contribution is -2.41. The molecule has 42 heavy (non-hydrogen) atoms. The van der Waals surface area contributed by atoms with E-state index in [-0.39, 0.29) is 25.7 Å². The molecule has 0 radical (unpaired) electrons. The molecule has 9 nitrogen and oxygen atoms in total. The first-order chi connectivity index (χ1) is 19.8. The number of halogens is 4. The van der Waals surface area contributed by atoms with Crippen molar-refractivity contribution in [2.24, 2.45) is 0 Å². The SMILES string of the molecule is O=C(Nc1cccc(-c2ccc(S(=O)(=O)N3CCC[C@@H]3CO)cc2)n1)C1(c2ccc3c(c2)C(F)(F)OC(F)(F)O3)CC1.[HH].[HH]. The molecule has 1 amide bonds. The monoisotopic (exact) mass is 611 g/mol. The molecule has 2 fully saturated rings. The van der Waals surface area contributed by atoms with Crippen molar-refractivity contribution in [1.29, 1.82) is 0 Å². The molecule has 3 heterocycles. The molecule has 0 bridgehead atoms. The lowest BCUT2D eigenvalue weighted by atomic mass is 9.92. The predicted octanol–water partition coefficient (Wildman–Crippen LogP) is 5.06. The molecule has 1 aromatic heterocycles. The lowest BCUT2D eigenvalue weighted by Gasteiger charge is -2.31. The largest absolute Gasteiger partial charge is 0.540 e. The maximum atomic E-state index is 14.3. The second-order valence-electron chi connectivity index (χ2n) is 10.5. The van der Waals surface area contributed by atoms with Crippen LogP contribution in [0.3, 0.4) is 0 Å². The van der Waals surface area contributed by atoms with Gasteiger partial charge in [0.15, 0.2) is 0 Å². The molecule has 226 valence electrons. The van der Waals surface area contributed by atoms with Gasteiger partial charge in [0.2, 0.25) is 15.9 Å². The van der Waals surface area contributed by atoms with Gasteiger partial charge in [0.1, 0.15) is 11.6 Å². The Labute approximate surface area is 241 Å². The number of hydrogen-bond acceptors (Lipinski definition) is 7. The summed E-state index contributed by atoms with van der Waals surface area (Å²) in [5.41, 5.74) is -0.835. The first-order valence-electron chi connectivity index (χ1n) is 13.2. The van der Waals surface area contributed by atoms with E-state index in [4.69, 9.17) is 0 Å². The van der Waals surface area contributed by atoms with Crippen LogP contribution < -0.4 is 10.1 Å². The number of benzene rings is 2. The molecular weight excluding hydrogens is 582 g/mol. The van der Waals surface area contributed by atoms with Crippen LogP contribution in [0.4, 0.5) is 23.4 Å². The summed E-state index contributed by atoms with van der Waals surface area (Å²) in [5.74, 6) is -1.07. The molecule has 2 aliphatic heterocycles. The summed E-state index contributed by atoms with van der Waals surface area (Å²) in [7, 11) is -3.78. The number of aromatic nitrogens is 1. The van der Waals surface area contributed by atoms with Gasteiger partial charge in [-0.2, -0.15) is 13.1 Å². The van der Waals surface area contributed by atoms with E-state index in [0.717, 1.165) is 12.1 Å². The number of alkyl halides is 4. The van der Waals surface area contributed by atoms with Crippen molar-refractivity contribution in [2.75, 3.05) is 18.5 Å². The van der Waals surface area contributed by atoms with Crippen molar-refractivity contribution in [3.63, 3.8) is 0 Å². The number of amides is 1. The average Bonchev–Trinajstić information content (AvgIpc) is 3.61. The van der Waals surface area contributed by atoms with Crippen molar-refractivity contribution in [2.45, 2.75) is 54.4 Å². The summed E-state index contributed by atoms with van der Waals surface area (Å²) in [5, 5.41) is 12.2. The Morgan fingerprint density at radius 3 is 2.52 bits per heavy atom. The number of carbonyl (C=O) groups excluding carboxylic acids is 1. The smallest absolute Gasteiger partial charge is 0.409 e. The van der Waals surface area contributed by atoms with E-state index in [2.05, 4.69) is 19.8 Å². The molecule has 2 N–H and O–H groups in total. The fourth-order valence-corrected chi connectivity index (χ4v) is 7.10. The minimum Gasteiger partial charge on any atom is -0.409 e. The van der Waals surface area contributed by atoms with Crippen molar-refractivity contribution in [3.8, 4) is 17.0 Å². The van der Waals surface area contributed by atoms with E-state index < -0.39 is 51.1 Å². The summed E-state index contributed by atoms with van der Waals surface area (Å²) in [4.78, 5) is 17.8. The van der Waals surface area contributed by atoms with Crippen LogP contribution in [0.1, 0.15) is 39.7 Å². The van der Waals surface area contributed by atoms with Crippen molar-refractivity contribution >= 4 is 21.7 Å². The molecule has 1 aliphatic carbocycles. The number of nitrogens with zero attached hydrogens (tertiary/aromatic N) is 2. The minimum atomic E-state index is -4.49. The highest BCUT2D eigenvalue weighted by Crippen LogP contribution is 2.53. The van der Waals surface area contributed by atoms with Crippen LogP contribution in [-0.4, -0.2) is 54.2 Å². The Morgan fingerprint density at radius 2 is 1.83 bits per heavy atom. The summed E-state index contributed by atoms with van der Waals surface area (Å²) >= 11 is 0. The van der Waals surface area contributed by atoms with E-state index in [1.165, 1.54) is 22.5 Å². The fourth-order valence-electron chi connectivity index (χ4n) is 5.41. The highest BCUT2D eigenvalue weighted by molar-refractivity contribution is 7.89. The van der Waals surface area contributed by atoms with Crippen molar-refractivity contribution in [1.82, 2.24) is 9.29 Å². The number of fused-ring (bicyclic) bond motifs is 1. The summed E-state index contributed by atoms with van der Waals surface area (Å²) < 4.78 is 90.5. The molecule has 2 aromatic carbocycles. The van der Waals surface area contributed by atoms with Crippen LogP contribution in [0.25, 0.3) is 11.3 Å². The molecule has 6 rings (SSSR count). The molecular formula is C28H29F4N3O6S. The zero-order valence-electron chi connectivity index (χ0n) is 21.9. The molecule has 3 aliphatic rings. The maximum Gasteiger partial charge on any atom is 0.540 e. The van der Waals surface area contributed by atoms with Crippen molar-refractivity contribution < 1.29 is 48.2 Å². The van der Waals surface area contributed by atoms with Gasteiger partial charge in [0.25, 0.3) is 0 Å². The fraction of sp³-hybridized carbons (Fsp3) is 0.357. The van der Waals surface area contributed by atoms with Gasteiger partial charge >= 0.3 is 12.4 Å². The summed E-state index contributed by atoms with van der Waals surface area (Å²) in [6.07, 6.45) is -6.87. The number of hydrogen-bond donors (Lipinski definition) is 2. The first-order valence-corrected chi connectivity index (χ1v) is 14.6. The van der Waals surface area contributed by atoms with Gasteiger partial charge in [0, 0.05) is 21.0 Å². The second kappa shape index (κ2) is 10.0. The first kappa shape index (κ1) is 28.5. The number of pyridine rings is 1. The molecule has 0 unspecified atom stereocenters. The Hall–Kier alpha value is -3.59. The summed E-state index contributed by atoms with van der Waals surface area (Å²) in [6.45, 7) is 0.0905. The maximum absolute atomic E-state index is 14.3. The average molecular weight is 612 g/mol. The van der Waals surface area contributed by atoms with E-state index in [9.17, 15) is 35.9 Å². The number of aliphatic hydroxyl groups is 1. The third kappa shape index (κ3) is 5.02. The van der Waals surface area contributed by atoms with Gasteiger partial charge in [-0.25, -0.2) is 18.1 Å². The number of nitrogens with one attached hydrogen (secondary N) is 1. The number of anilines is 1. The third-order valence-corrected chi connectivity index (χ3v) is 9.75. The molecule has 0 spiro atoms. The Kier molecular flexibility index (Phi) is 6.79. The van der Waals surface area contributed by atoms with Gasteiger partial charge in [0.05, 0.1) is 28.2 Å². The Bertz CT molecular complexity index is 1660. The van der Waals surface area contributed by atoms with Crippen LogP contribution in [0.15, 0.2) is 65.6 Å². The number of ether oxygens (including phenoxy) is 2. The van der Waals surface area contributed by atoms with Crippen LogP contribution in [0, 0.1) is 0 Å². The zero-order chi connectivity index (χ0) is 29.9. The number of rotatable bonds is 7. The van der Waals surface area contributed by atoms with E-state index in [1.807, 2.05) is 0 Å². The third-order valence-electron chi connectivity index (χ3n) is 7.79. The van der Waals surface area contributed by atoms with Gasteiger partial charge in [-0.05, 0) is 67.6 Å². The Morgan fingerprint density at radius 1 is 1.10 bits per heavy atom. The topological polar surface area (TPSA) is 118 Å². The number of carbonyl (C=O) groups is 1.